The van der Waals surface area contributed by atoms with Crippen molar-refractivity contribution >= 4 is 18.0 Å². The summed E-state index contributed by atoms with van der Waals surface area (Å²) in [5.41, 5.74) is 5.88. The second kappa shape index (κ2) is 4.83. The Labute approximate surface area is 122 Å². The number of nitrogens with zero attached hydrogens (tertiary/aromatic N) is 3. The molecule has 0 aliphatic heterocycles. The topological polar surface area (TPSA) is 46.0 Å². The largest absolute Gasteiger partial charge is 0.265 e. The quantitative estimate of drug-likeness (QED) is 0.734. The summed E-state index contributed by atoms with van der Waals surface area (Å²) in [6.45, 7) is 6.19. The summed E-state index contributed by atoms with van der Waals surface area (Å²) in [6.07, 6.45) is 0.861. The molecule has 4 nitrogen and oxygen atoms in total. The van der Waals surface area contributed by atoms with Gasteiger partial charge in [0, 0.05) is 17.8 Å². The van der Waals surface area contributed by atoms with Gasteiger partial charge in [-0.2, -0.15) is 4.98 Å². The average Bonchev–Trinajstić information content (AvgIpc) is 2.77. The van der Waals surface area contributed by atoms with Crippen LogP contribution in [-0.4, -0.2) is 19.6 Å². The number of rotatable bonds is 2. The minimum atomic E-state index is 0.465. The van der Waals surface area contributed by atoms with Crippen molar-refractivity contribution in [1.29, 1.82) is 0 Å². The lowest BCUT2D eigenvalue weighted by Gasteiger charge is -2.11. The molecule has 0 amide bonds. The monoisotopic (exact) mass is 284 g/mol. The van der Waals surface area contributed by atoms with Crippen molar-refractivity contribution in [2.45, 2.75) is 27.2 Å². The molecule has 2 heterocycles. The van der Waals surface area contributed by atoms with E-state index in [9.17, 15) is 0 Å². The van der Waals surface area contributed by atoms with Crippen LogP contribution in [0.2, 0.25) is 0 Å². The molecular weight excluding hydrogens is 268 g/mol. The van der Waals surface area contributed by atoms with Crippen molar-refractivity contribution < 1.29 is 0 Å². The maximum atomic E-state index is 5.08. The van der Waals surface area contributed by atoms with E-state index in [1.165, 1.54) is 16.7 Å². The molecule has 0 aliphatic carbocycles. The fraction of sp³-hybridized carbons (Fsp3) is 0.267. The molecular formula is C15H16N4S. The second-order valence-electron chi connectivity index (χ2n) is 5.09. The molecule has 1 N–H and O–H groups in total. The third kappa shape index (κ3) is 2.25. The summed E-state index contributed by atoms with van der Waals surface area (Å²) in [4.78, 5) is 8.73. The first-order valence-electron chi connectivity index (χ1n) is 6.55. The zero-order valence-electron chi connectivity index (χ0n) is 11.8. The van der Waals surface area contributed by atoms with Crippen LogP contribution in [0, 0.1) is 25.5 Å². The minimum Gasteiger partial charge on any atom is -0.265 e. The second-order valence-corrected chi connectivity index (χ2v) is 5.47. The van der Waals surface area contributed by atoms with Crippen LogP contribution in [-0.2, 0) is 6.42 Å². The van der Waals surface area contributed by atoms with Gasteiger partial charge in [-0.05, 0) is 44.1 Å². The van der Waals surface area contributed by atoms with E-state index < -0.39 is 0 Å². The SMILES string of the molecule is Cc1ccc(Cc2c(C)nc3nc(=S)[nH]n3c2C)cc1. The third-order valence-corrected chi connectivity index (χ3v) is 3.77. The number of hydrogen-bond acceptors (Lipinski definition) is 3. The summed E-state index contributed by atoms with van der Waals surface area (Å²) in [5.74, 6) is 0.637. The van der Waals surface area contributed by atoms with Crippen molar-refractivity contribution in [2.24, 2.45) is 0 Å². The molecule has 5 heteroatoms. The zero-order valence-corrected chi connectivity index (χ0v) is 12.6. The maximum Gasteiger partial charge on any atom is 0.252 e. The molecule has 0 aliphatic rings. The van der Waals surface area contributed by atoms with Crippen LogP contribution in [0.5, 0.6) is 0 Å². The molecule has 102 valence electrons. The van der Waals surface area contributed by atoms with Crippen molar-refractivity contribution in [3.63, 3.8) is 0 Å². The molecule has 20 heavy (non-hydrogen) atoms. The van der Waals surface area contributed by atoms with E-state index in [0.29, 0.717) is 10.5 Å². The Morgan fingerprint density at radius 1 is 1.10 bits per heavy atom. The van der Waals surface area contributed by atoms with E-state index in [2.05, 4.69) is 53.2 Å². The minimum absolute atomic E-state index is 0.465. The third-order valence-electron chi connectivity index (χ3n) is 3.59. The molecule has 0 saturated carbocycles. The highest BCUT2D eigenvalue weighted by molar-refractivity contribution is 7.71. The van der Waals surface area contributed by atoms with Crippen LogP contribution in [0.1, 0.15) is 28.1 Å². The van der Waals surface area contributed by atoms with Crippen LogP contribution in [0.4, 0.5) is 0 Å². The number of H-pyrrole nitrogens is 1. The summed E-state index contributed by atoms with van der Waals surface area (Å²) >= 11 is 5.08. The maximum absolute atomic E-state index is 5.08. The Bertz CT molecular complexity index is 827. The number of aryl methyl sites for hydroxylation is 3. The molecule has 0 fully saturated rings. The summed E-state index contributed by atoms with van der Waals surface area (Å²) in [5, 5.41) is 3.05. The van der Waals surface area contributed by atoms with Crippen molar-refractivity contribution in [3.8, 4) is 0 Å². The van der Waals surface area contributed by atoms with Gasteiger partial charge in [-0.1, -0.05) is 29.8 Å². The fourth-order valence-corrected chi connectivity index (χ4v) is 2.57. The normalized spacial score (nSPS) is 11.2. The van der Waals surface area contributed by atoms with Gasteiger partial charge in [-0.15, -0.1) is 0 Å². The lowest BCUT2D eigenvalue weighted by Crippen LogP contribution is -2.06. The smallest absolute Gasteiger partial charge is 0.252 e. The number of fused-ring (bicyclic) bond motifs is 1. The standard InChI is InChI=1S/C15H16N4S/c1-9-4-6-12(7-5-9)8-13-10(2)16-14-17-15(20)18-19(14)11(13)3/h4-7H,8H2,1-3H3,(H,18,20). The molecule has 0 saturated heterocycles. The van der Waals surface area contributed by atoms with Crippen LogP contribution in [0.3, 0.4) is 0 Å². The van der Waals surface area contributed by atoms with E-state index in [1.807, 2.05) is 11.4 Å². The van der Waals surface area contributed by atoms with E-state index in [4.69, 9.17) is 12.2 Å². The number of nitrogens with one attached hydrogen (secondary N) is 1. The van der Waals surface area contributed by atoms with E-state index >= 15 is 0 Å². The van der Waals surface area contributed by atoms with Gasteiger partial charge in [0.2, 0.25) is 4.77 Å². The van der Waals surface area contributed by atoms with Gasteiger partial charge in [-0.25, -0.2) is 9.50 Å². The van der Waals surface area contributed by atoms with Crippen LogP contribution < -0.4 is 0 Å². The van der Waals surface area contributed by atoms with Crippen molar-refractivity contribution in [1.82, 2.24) is 19.6 Å². The van der Waals surface area contributed by atoms with Gasteiger partial charge < -0.3 is 0 Å². The molecule has 0 spiro atoms. The molecule has 2 aromatic heterocycles. The summed E-state index contributed by atoms with van der Waals surface area (Å²) < 4.78 is 2.33. The first kappa shape index (κ1) is 13.0. The molecule has 0 unspecified atom stereocenters. The van der Waals surface area contributed by atoms with Crippen molar-refractivity contribution in [3.05, 3.63) is 57.1 Å². The first-order chi connectivity index (χ1) is 9.54. The highest BCUT2D eigenvalue weighted by atomic mass is 32.1. The Kier molecular flexibility index (Phi) is 3.14. The molecule has 0 atom stereocenters. The molecule has 1 aromatic carbocycles. The molecule has 0 bridgehead atoms. The Balaban J connectivity index is 2.10. The molecule has 0 radical (unpaired) electrons. The Morgan fingerprint density at radius 2 is 1.80 bits per heavy atom. The number of benzene rings is 1. The Hall–Kier alpha value is -2.01. The van der Waals surface area contributed by atoms with Crippen molar-refractivity contribution in [2.75, 3.05) is 0 Å². The van der Waals surface area contributed by atoms with Gasteiger partial charge in [0.15, 0.2) is 0 Å². The summed E-state index contributed by atoms with van der Waals surface area (Å²) in [7, 11) is 0. The van der Waals surface area contributed by atoms with Gasteiger partial charge in [0.25, 0.3) is 5.78 Å². The van der Waals surface area contributed by atoms with Crippen LogP contribution in [0.25, 0.3) is 5.78 Å². The lowest BCUT2D eigenvalue weighted by molar-refractivity contribution is 0.852. The molecule has 3 rings (SSSR count). The summed E-state index contributed by atoms with van der Waals surface area (Å²) in [6, 6.07) is 8.59. The van der Waals surface area contributed by atoms with Gasteiger partial charge in [-0.3, -0.25) is 5.10 Å². The predicted octanol–water partition coefficient (Wildman–Crippen LogP) is 3.30. The number of aromatic nitrogens is 4. The average molecular weight is 284 g/mol. The Morgan fingerprint density at radius 3 is 2.50 bits per heavy atom. The van der Waals surface area contributed by atoms with E-state index in [-0.39, 0.29) is 0 Å². The van der Waals surface area contributed by atoms with Crippen LogP contribution >= 0.6 is 12.2 Å². The highest BCUT2D eigenvalue weighted by Gasteiger charge is 2.11. The van der Waals surface area contributed by atoms with Gasteiger partial charge in [0.1, 0.15) is 0 Å². The number of hydrogen-bond donors (Lipinski definition) is 1. The zero-order chi connectivity index (χ0) is 14.3. The highest BCUT2D eigenvalue weighted by Crippen LogP contribution is 2.18. The number of aromatic amines is 1. The van der Waals surface area contributed by atoms with E-state index in [0.717, 1.165) is 17.8 Å². The predicted molar refractivity (Wildman–Crippen MR) is 81.6 cm³/mol. The van der Waals surface area contributed by atoms with Crippen LogP contribution in [0.15, 0.2) is 24.3 Å². The molecule has 3 aromatic rings. The van der Waals surface area contributed by atoms with Gasteiger partial charge >= 0.3 is 0 Å². The first-order valence-corrected chi connectivity index (χ1v) is 6.96. The van der Waals surface area contributed by atoms with E-state index in [1.54, 1.807) is 0 Å². The lowest BCUT2D eigenvalue weighted by atomic mass is 10.0. The van der Waals surface area contributed by atoms with Gasteiger partial charge in [0.05, 0.1) is 0 Å². The fourth-order valence-electron chi connectivity index (χ4n) is 2.40.